The fourth-order valence-electron chi connectivity index (χ4n) is 2.98. The predicted octanol–water partition coefficient (Wildman–Crippen LogP) is 2.93. The summed E-state index contributed by atoms with van der Waals surface area (Å²) in [6.07, 6.45) is 3.94. The highest BCUT2D eigenvalue weighted by atomic mass is 16.5. The van der Waals surface area contributed by atoms with Crippen LogP contribution < -0.4 is 5.32 Å². The average Bonchev–Trinajstić information content (AvgIpc) is 3.11. The molecule has 1 atom stereocenters. The molecule has 25 heavy (non-hydrogen) atoms. The van der Waals surface area contributed by atoms with Crippen LogP contribution in [0.4, 0.5) is 5.82 Å². The molecule has 3 heterocycles. The van der Waals surface area contributed by atoms with Gasteiger partial charge in [0, 0.05) is 38.7 Å². The lowest BCUT2D eigenvalue weighted by atomic mass is 9.98. The van der Waals surface area contributed by atoms with Gasteiger partial charge < -0.3 is 14.7 Å². The van der Waals surface area contributed by atoms with E-state index in [2.05, 4.69) is 20.4 Å². The van der Waals surface area contributed by atoms with Gasteiger partial charge in [-0.25, -0.2) is 4.98 Å². The van der Waals surface area contributed by atoms with Crippen LogP contribution >= 0.6 is 0 Å². The van der Waals surface area contributed by atoms with Crippen molar-refractivity contribution in [2.45, 2.75) is 39.5 Å². The van der Waals surface area contributed by atoms with Crippen LogP contribution in [0.1, 0.15) is 45.4 Å². The quantitative estimate of drug-likeness (QED) is 0.898. The highest BCUT2D eigenvalue weighted by Crippen LogP contribution is 2.21. The van der Waals surface area contributed by atoms with Crippen molar-refractivity contribution in [3.05, 3.63) is 24.2 Å². The van der Waals surface area contributed by atoms with Crippen LogP contribution in [-0.2, 0) is 4.79 Å². The largest absolute Gasteiger partial charge is 0.370 e. The predicted molar refractivity (Wildman–Crippen MR) is 95.1 cm³/mol. The molecule has 0 spiro atoms. The third kappa shape index (κ3) is 4.35. The summed E-state index contributed by atoms with van der Waals surface area (Å²) in [6, 6.07) is 3.84. The number of nitrogens with one attached hydrogen (secondary N) is 1. The zero-order valence-corrected chi connectivity index (χ0v) is 15.0. The molecule has 0 radical (unpaired) electrons. The summed E-state index contributed by atoms with van der Waals surface area (Å²) in [5, 5.41) is 7.33. The fourth-order valence-corrected chi connectivity index (χ4v) is 2.98. The minimum atomic E-state index is 0.160. The maximum Gasteiger partial charge on any atom is 0.259 e. The summed E-state index contributed by atoms with van der Waals surface area (Å²) in [7, 11) is 0. The van der Waals surface area contributed by atoms with Crippen molar-refractivity contribution in [3.63, 3.8) is 0 Å². The van der Waals surface area contributed by atoms with E-state index in [1.54, 1.807) is 13.1 Å². The van der Waals surface area contributed by atoms with Crippen LogP contribution in [0.3, 0.4) is 0 Å². The molecule has 1 aliphatic rings. The summed E-state index contributed by atoms with van der Waals surface area (Å²) in [6.45, 7) is 8.20. The molecule has 0 bridgehead atoms. The van der Waals surface area contributed by atoms with Crippen LogP contribution in [0.15, 0.2) is 22.9 Å². The Morgan fingerprint density at radius 1 is 1.44 bits per heavy atom. The minimum Gasteiger partial charge on any atom is -0.370 e. The number of anilines is 1. The van der Waals surface area contributed by atoms with Crippen LogP contribution in [0.5, 0.6) is 0 Å². The van der Waals surface area contributed by atoms with E-state index < -0.39 is 0 Å². The lowest BCUT2D eigenvalue weighted by molar-refractivity contribution is -0.130. The van der Waals surface area contributed by atoms with Crippen LogP contribution in [0.25, 0.3) is 11.5 Å². The average molecular weight is 343 g/mol. The standard InChI is InChI=1S/C18H25N5O2/c1-12(2)17-21-18(25-22-17)15-6-7-16(20-10-15)19-9-14-5-4-8-23(11-14)13(3)24/h6-7,10,12,14H,4-5,8-9,11H2,1-3H3,(H,19,20). The number of likely N-dealkylation sites (tertiary alicyclic amines) is 1. The van der Waals surface area contributed by atoms with E-state index in [0.29, 0.717) is 17.6 Å². The van der Waals surface area contributed by atoms with E-state index in [9.17, 15) is 4.79 Å². The summed E-state index contributed by atoms with van der Waals surface area (Å²) in [5.41, 5.74) is 0.811. The van der Waals surface area contributed by atoms with Gasteiger partial charge in [0.2, 0.25) is 5.91 Å². The van der Waals surface area contributed by atoms with Crippen molar-refractivity contribution >= 4 is 11.7 Å². The molecule has 0 aromatic carbocycles. The monoisotopic (exact) mass is 343 g/mol. The molecule has 1 N–H and O–H groups in total. The molecule has 1 fully saturated rings. The second-order valence-electron chi connectivity index (χ2n) is 6.90. The topological polar surface area (TPSA) is 84.2 Å². The third-order valence-electron chi connectivity index (χ3n) is 4.50. The van der Waals surface area contributed by atoms with Crippen LogP contribution in [0, 0.1) is 5.92 Å². The molecule has 134 valence electrons. The van der Waals surface area contributed by atoms with E-state index in [0.717, 1.165) is 43.9 Å². The number of piperidine rings is 1. The minimum absolute atomic E-state index is 0.160. The highest BCUT2D eigenvalue weighted by molar-refractivity contribution is 5.73. The molecule has 7 heteroatoms. The maximum atomic E-state index is 11.5. The van der Waals surface area contributed by atoms with E-state index in [1.807, 2.05) is 30.9 Å². The van der Waals surface area contributed by atoms with Gasteiger partial charge in [0.05, 0.1) is 5.56 Å². The molecule has 0 aliphatic carbocycles. The van der Waals surface area contributed by atoms with Gasteiger partial charge in [-0.1, -0.05) is 19.0 Å². The molecule has 1 unspecified atom stereocenters. The Labute approximate surface area is 147 Å². The second kappa shape index (κ2) is 7.63. The second-order valence-corrected chi connectivity index (χ2v) is 6.90. The van der Waals surface area contributed by atoms with Crippen molar-refractivity contribution in [1.29, 1.82) is 0 Å². The normalized spacial score (nSPS) is 17.8. The smallest absolute Gasteiger partial charge is 0.259 e. The molecule has 2 aromatic rings. The van der Waals surface area contributed by atoms with Gasteiger partial charge in [0.15, 0.2) is 5.82 Å². The first-order chi connectivity index (χ1) is 12.0. The first-order valence-corrected chi connectivity index (χ1v) is 8.82. The Kier molecular flexibility index (Phi) is 5.31. The zero-order chi connectivity index (χ0) is 17.8. The number of pyridine rings is 1. The number of hydrogen-bond acceptors (Lipinski definition) is 6. The summed E-state index contributed by atoms with van der Waals surface area (Å²) in [5.74, 6) is 2.86. The molecule has 1 saturated heterocycles. The van der Waals surface area contributed by atoms with Crippen molar-refractivity contribution in [2.24, 2.45) is 5.92 Å². The zero-order valence-electron chi connectivity index (χ0n) is 15.0. The fraction of sp³-hybridized carbons (Fsp3) is 0.556. The van der Waals surface area contributed by atoms with Gasteiger partial charge >= 0.3 is 0 Å². The number of hydrogen-bond donors (Lipinski definition) is 1. The Bertz CT molecular complexity index is 711. The third-order valence-corrected chi connectivity index (χ3v) is 4.50. The molecule has 0 saturated carbocycles. The van der Waals surface area contributed by atoms with Gasteiger partial charge in [-0.3, -0.25) is 4.79 Å². The number of nitrogens with zero attached hydrogens (tertiary/aromatic N) is 4. The van der Waals surface area contributed by atoms with Crippen molar-refractivity contribution in [3.8, 4) is 11.5 Å². The Morgan fingerprint density at radius 3 is 2.92 bits per heavy atom. The van der Waals surface area contributed by atoms with Gasteiger partial charge in [0.25, 0.3) is 5.89 Å². The van der Waals surface area contributed by atoms with Crippen LogP contribution in [0.2, 0.25) is 0 Å². The molecular formula is C18H25N5O2. The van der Waals surface area contributed by atoms with Gasteiger partial charge in [-0.05, 0) is 30.9 Å². The Morgan fingerprint density at radius 2 is 2.28 bits per heavy atom. The number of carbonyl (C=O) groups excluding carboxylic acids is 1. The van der Waals surface area contributed by atoms with E-state index in [1.165, 1.54) is 0 Å². The molecule has 1 aliphatic heterocycles. The molecule has 2 aromatic heterocycles. The summed E-state index contributed by atoms with van der Waals surface area (Å²) < 4.78 is 5.28. The van der Waals surface area contributed by atoms with Crippen molar-refractivity contribution in [2.75, 3.05) is 25.0 Å². The first-order valence-electron chi connectivity index (χ1n) is 8.82. The summed E-state index contributed by atoms with van der Waals surface area (Å²) >= 11 is 0. The SMILES string of the molecule is CC(=O)N1CCCC(CNc2ccc(-c3nc(C(C)C)no3)cn2)C1. The number of carbonyl (C=O) groups is 1. The van der Waals surface area contributed by atoms with E-state index in [4.69, 9.17) is 4.52 Å². The number of amides is 1. The molecular weight excluding hydrogens is 318 g/mol. The first kappa shape index (κ1) is 17.4. The molecule has 7 nitrogen and oxygen atoms in total. The van der Waals surface area contributed by atoms with E-state index in [-0.39, 0.29) is 11.8 Å². The number of aromatic nitrogens is 3. The van der Waals surface area contributed by atoms with Gasteiger partial charge in [0.1, 0.15) is 5.82 Å². The Hall–Kier alpha value is -2.44. The lowest BCUT2D eigenvalue weighted by Crippen LogP contribution is -2.40. The van der Waals surface area contributed by atoms with Crippen molar-refractivity contribution < 1.29 is 9.32 Å². The number of rotatable bonds is 5. The Balaban J connectivity index is 1.56. The highest BCUT2D eigenvalue weighted by Gasteiger charge is 2.21. The van der Waals surface area contributed by atoms with Crippen LogP contribution in [-0.4, -0.2) is 45.6 Å². The molecule has 1 amide bonds. The van der Waals surface area contributed by atoms with Gasteiger partial charge in [-0.15, -0.1) is 0 Å². The molecule has 3 rings (SSSR count). The van der Waals surface area contributed by atoms with Crippen molar-refractivity contribution in [1.82, 2.24) is 20.0 Å². The lowest BCUT2D eigenvalue weighted by Gasteiger charge is -2.32. The maximum absolute atomic E-state index is 11.5. The van der Waals surface area contributed by atoms with E-state index >= 15 is 0 Å². The van der Waals surface area contributed by atoms with Gasteiger partial charge in [-0.2, -0.15) is 4.98 Å². The summed E-state index contributed by atoms with van der Waals surface area (Å²) in [4.78, 5) is 22.2.